The summed E-state index contributed by atoms with van der Waals surface area (Å²) in [5.41, 5.74) is 2.64. The lowest BCUT2D eigenvalue weighted by Crippen LogP contribution is -2.95. The lowest BCUT2D eigenvalue weighted by molar-refractivity contribution is -0.697. The third-order valence-corrected chi connectivity index (χ3v) is 6.07. The predicted octanol–water partition coefficient (Wildman–Crippen LogP) is 3.01. The van der Waals surface area contributed by atoms with E-state index >= 15 is 0 Å². The van der Waals surface area contributed by atoms with Crippen LogP contribution in [-0.4, -0.2) is 50.1 Å². The summed E-state index contributed by atoms with van der Waals surface area (Å²) in [5.74, 6) is 0.695. The van der Waals surface area contributed by atoms with Gasteiger partial charge in [0, 0.05) is 31.1 Å². The van der Waals surface area contributed by atoms with Crippen LogP contribution < -0.4 is 10.6 Å². The molecule has 1 aromatic heterocycles. The molecule has 0 aliphatic carbocycles. The van der Waals surface area contributed by atoms with E-state index in [0.29, 0.717) is 11.7 Å². The molecule has 0 saturated carbocycles. The van der Waals surface area contributed by atoms with Crippen LogP contribution in [0.2, 0.25) is 0 Å². The highest BCUT2D eigenvalue weighted by Gasteiger charge is 2.29. The number of nitrogens with one attached hydrogen (secondary N) is 1. The quantitative estimate of drug-likeness (QED) is 0.791. The number of halogens is 1. The largest absolute Gasteiger partial charge is 0.385 e. The maximum atomic E-state index is 13.8. The van der Waals surface area contributed by atoms with E-state index in [-0.39, 0.29) is 5.82 Å². The molecule has 0 amide bonds. The van der Waals surface area contributed by atoms with Crippen LogP contribution >= 0.6 is 11.3 Å². The Labute approximate surface area is 163 Å². The van der Waals surface area contributed by atoms with Gasteiger partial charge in [-0.05, 0) is 31.5 Å². The summed E-state index contributed by atoms with van der Waals surface area (Å²) in [6.07, 6.45) is 2.19. The second-order valence-corrected chi connectivity index (χ2v) is 8.44. The standard InChI is InChI=1S/C20H25FN4OS/c1-13-10-16-19(25-8-7-22-15(12-25)4-3-9-26-2)23-18-11-14(21)5-6-17(18)24-20(16)27-13/h5-6,10-11,15,22,24H,3-4,7-9,12H2,1-2H3/p+1/t15-/m0/s1. The summed E-state index contributed by atoms with van der Waals surface area (Å²) < 4.78 is 19.0. The Kier molecular flexibility index (Phi) is 5.43. The molecular weight excluding hydrogens is 363 g/mol. The monoisotopic (exact) mass is 389 g/mol. The molecular formula is C20H26FN4OS+. The van der Waals surface area contributed by atoms with Gasteiger partial charge in [0.05, 0.1) is 36.6 Å². The third kappa shape index (κ3) is 4.00. The first kappa shape index (κ1) is 18.4. The van der Waals surface area contributed by atoms with Crippen LogP contribution in [0.15, 0.2) is 29.3 Å². The Bertz CT molecular complexity index is 851. The zero-order valence-electron chi connectivity index (χ0n) is 15.8. The van der Waals surface area contributed by atoms with E-state index in [2.05, 4.69) is 28.5 Å². The van der Waals surface area contributed by atoms with Crippen molar-refractivity contribution >= 4 is 33.5 Å². The Balaban J connectivity index is 1.66. The van der Waals surface area contributed by atoms with Gasteiger partial charge in [0.2, 0.25) is 0 Å². The fraction of sp³-hybridized carbons (Fsp3) is 0.450. The number of nitrogens with zero attached hydrogens (tertiary/aromatic N) is 2. The number of quaternary nitrogens is 1. The summed E-state index contributed by atoms with van der Waals surface area (Å²) in [5, 5.41) is 6.97. The number of methoxy groups -OCH3 is 1. The van der Waals surface area contributed by atoms with E-state index in [0.717, 1.165) is 61.2 Å². The Morgan fingerprint density at radius 1 is 1.41 bits per heavy atom. The summed E-state index contributed by atoms with van der Waals surface area (Å²) in [4.78, 5) is 8.52. The molecule has 4 rings (SSSR count). The number of aliphatic imine (C=N–C) groups is 1. The van der Waals surface area contributed by atoms with Crippen molar-refractivity contribution in [3.63, 3.8) is 0 Å². The van der Waals surface area contributed by atoms with Crippen LogP contribution in [0.3, 0.4) is 0 Å². The van der Waals surface area contributed by atoms with Crippen LogP contribution in [0.5, 0.6) is 0 Å². The molecule has 0 radical (unpaired) electrons. The summed E-state index contributed by atoms with van der Waals surface area (Å²) >= 11 is 1.72. The number of amidine groups is 1. The van der Waals surface area contributed by atoms with Crippen molar-refractivity contribution in [3.05, 3.63) is 40.5 Å². The van der Waals surface area contributed by atoms with Crippen molar-refractivity contribution in [2.75, 3.05) is 38.7 Å². The normalized spacial score (nSPS) is 19.0. The third-order valence-electron chi connectivity index (χ3n) is 5.11. The van der Waals surface area contributed by atoms with Crippen LogP contribution in [0.4, 0.5) is 20.8 Å². The molecule has 2 aliphatic heterocycles. The Morgan fingerprint density at radius 3 is 3.15 bits per heavy atom. The van der Waals surface area contributed by atoms with Gasteiger partial charge in [-0.15, -0.1) is 11.3 Å². The minimum absolute atomic E-state index is 0.260. The fourth-order valence-corrected chi connectivity index (χ4v) is 4.74. The zero-order valence-corrected chi connectivity index (χ0v) is 16.6. The maximum Gasteiger partial charge on any atom is 0.140 e. The summed E-state index contributed by atoms with van der Waals surface area (Å²) in [7, 11) is 1.75. The van der Waals surface area contributed by atoms with Crippen molar-refractivity contribution in [3.8, 4) is 0 Å². The first-order valence-electron chi connectivity index (χ1n) is 9.47. The second kappa shape index (κ2) is 7.96. The van der Waals surface area contributed by atoms with Gasteiger partial charge in [0.15, 0.2) is 0 Å². The van der Waals surface area contributed by atoms with E-state index in [1.54, 1.807) is 24.5 Å². The molecule has 27 heavy (non-hydrogen) atoms. The smallest absolute Gasteiger partial charge is 0.140 e. The van der Waals surface area contributed by atoms with E-state index in [1.807, 2.05) is 0 Å². The van der Waals surface area contributed by atoms with Gasteiger partial charge in [-0.3, -0.25) is 0 Å². The molecule has 2 aliphatic rings. The number of piperazine rings is 1. The molecule has 0 bridgehead atoms. The number of nitrogens with two attached hydrogens (primary N) is 1. The van der Waals surface area contributed by atoms with Crippen LogP contribution in [0.1, 0.15) is 23.3 Å². The van der Waals surface area contributed by atoms with E-state index in [9.17, 15) is 4.39 Å². The number of hydrogen-bond donors (Lipinski definition) is 2. The number of thiophene rings is 1. The lowest BCUT2D eigenvalue weighted by Gasteiger charge is -2.33. The highest BCUT2D eigenvalue weighted by Crippen LogP contribution is 2.39. The van der Waals surface area contributed by atoms with Gasteiger partial charge >= 0.3 is 0 Å². The zero-order chi connectivity index (χ0) is 18.8. The van der Waals surface area contributed by atoms with E-state index in [1.165, 1.54) is 17.0 Å². The number of fused-ring (bicyclic) bond motifs is 2. The number of hydrogen-bond acceptors (Lipinski definition) is 5. The Hall–Kier alpha value is -1.96. The highest BCUT2D eigenvalue weighted by atomic mass is 32.1. The van der Waals surface area contributed by atoms with Crippen molar-refractivity contribution in [2.24, 2.45) is 4.99 Å². The van der Waals surface area contributed by atoms with Gasteiger partial charge in [-0.25, -0.2) is 9.38 Å². The van der Waals surface area contributed by atoms with Crippen LogP contribution in [-0.2, 0) is 4.74 Å². The van der Waals surface area contributed by atoms with Crippen molar-refractivity contribution < 1.29 is 14.4 Å². The van der Waals surface area contributed by atoms with Crippen molar-refractivity contribution in [1.82, 2.24) is 4.90 Å². The molecule has 1 saturated heterocycles. The minimum Gasteiger partial charge on any atom is -0.385 e. The molecule has 2 aromatic rings. The van der Waals surface area contributed by atoms with Gasteiger partial charge < -0.3 is 20.3 Å². The molecule has 0 unspecified atom stereocenters. The molecule has 3 heterocycles. The molecule has 144 valence electrons. The average molecular weight is 390 g/mol. The maximum absolute atomic E-state index is 13.8. The number of rotatable bonds is 4. The number of anilines is 2. The lowest BCUT2D eigenvalue weighted by atomic mass is 10.1. The molecule has 1 fully saturated rings. The molecule has 5 nitrogen and oxygen atoms in total. The first-order valence-corrected chi connectivity index (χ1v) is 10.3. The van der Waals surface area contributed by atoms with Gasteiger partial charge in [0.1, 0.15) is 22.7 Å². The SMILES string of the molecule is COCCC[C@H]1CN(C2=Nc3cc(F)ccc3Nc3sc(C)cc32)CC[NH2+]1. The Morgan fingerprint density at radius 2 is 2.30 bits per heavy atom. The van der Waals surface area contributed by atoms with Gasteiger partial charge in [-0.2, -0.15) is 0 Å². The molecule has 3 N–H and O–H groups in total. The summed E-state index contributed by atoms with van der Waals surface area (Å²) in [6, 6.07) is 7.48. The molecule has 1 aromatic carbocycles. The van der Waals surface area contributed by atoms with Crippen molar-refractivity contribution in [2.45, 2.75) is 25.8 Å². The van der Waals surface area contributed by atoms with Crippen molar-refractivity contribution in [1.29, 1.82) is 0 Å². The van der Waals surface area contributed by atoms with Crippen LogP contribution in [0.25, 0.3) is 0 Å². The molecule has 7 heteroatoms. The van der Waals surface area contributed by atoms with Gasteiger partial charge in [0.25, 0.3) is 0 Å². The number of ether oxygens (including phenoxy) is 1. The second-order valence-electron chi connectivity index (χ2n) is 7.19. The van der Waals surface area contributed by atoms with Crippen LogP contribution in [0, 0.1) is 12.7 Å². The number of aryl methyl sites for hydroxylation is 1. The predicted molar refractivity (Wildman–Crippen MR) is 108 cm³/mol. The van der Waals surface area contributed by atoms with E-state index in [4.69, 9.17) is 9.73 Å². The topological polar surface area (TPSA) is 53.5 Å². The molecule has 0 spiro atoms. The first-order chi connectivity index (χ1) is 13.1. The summed E-state index contributed by atoms with van der Waals surface area (Å²) in [6.45, 7) is 5.84. The average Bonchev–Trinajstić information content (AvgIpc) is 2.95. The fourth-order valence-electron chi connectivity index (χ4n) is 3.82. The van der Waals surface area contributed by atoms with Gasteiger partial charge in [-0.1, -0.05) is 0 Å². The number of benzene rings is 1. The van der Waals surface area contributed by atoms with E-state index < -0.39 is 0 Å². The highest BCUT2D eigenvalue weighted by molar-refractivity contribution is 7.16. The molecule has 1 atom stereocenters. The minimum atomic E-state index is -0.260.